The highest BCUT2D eigenvalue weighted by atomic mass is 32.2. The second kappa shape index (κ2) is 9.02. The number of nitro benzene ring substituents is 1. The average Bonchev–Trinajstić information content (AvgIpc) is 2.58. The van der Waals surface area contributed by atoms with Crippen molar-refractivity contribution in [3.8, 4) is 0 Å². The summed E-state index contributed by atoms with van der Waals surface area (Å²) >= 11 is 1.63. The molecule has 0 aliphatic rings. The Morgan fingerprint density at radius 3 is 2.46 bits per heavy atom. The van der Waals surface area contributed by atoms with Gasteiger partial charge in [-0.1, -0.05) is 18.2 Å². The minimum atomic E-state index is -3.78. The third-order valence-corrected chi connectivity index (χ3v) is 5.97. The fraction of sp³-hybridized carbons (Fsp3) is 0.294. The Hall–Kier alpha value is -2.10. The summed E-state index contributed by atoms with van der Waals surface area (Å²) in [5, 5.41) is 14.3. The number of thioether (sulfide) groups is 1. The van der Waals surface area contributed by atoms with Gasteiger partial charge >= 0.3 is 0 Å². The van der Waals surface area contributed by atoms with E-state index in [1.54, 1.807) is 25.6 Å². The number of nitro groups is 1. The summed E-state index contributed by atoms with van der Waals surface area (Å²) in [5.74, 6) is 0.718. The molecule has 0 radical (unpaired) electrons. The van der Waals surface area contributed by atoms with Crippen LogP contribution in [0.15, 0.2) is 58.3 Å². The first-order chi connectivity index (χ1) is 12.3. The molecule has 2 aromatic carbocycles. The van der Waals surface area contributed by atoms with Gasteiger partial charge in [0.15, 0.2) is 0 Å². The minimum absolute atomic E-state index is 0.123. The van der Waals surface area contributed by atoms with Crippen molar-refractivity contribution in [3.05, 3.63) is 58.6 Å². The molecule has 0 heterocycles. The van der Waals surface area contributed by atoms with Crippen LogP contribution in [0.3, 0.4) is 0 Å². The molecular weight excluding hydrogens is 374 g/mol. The standard InChI is InChI=1S/C17H21N3O4S2/c1-13(2)19-26(23,24)15-8-9-16(17(12-15)20(21)22)18-10-11-25-14-6-4-3-5-7-14/h3-9,12-13,18-19H,10-11H2,1-2H3. The zero-order chi connectivity index (χ0) is 19.2. The Morgan fingerprint density at radius 2 is 1.85 bits per heavy atom. The lowest BCUT2D eigenvalue weighted by Gasteiger charge is -2.11. The van der Waals surface area contributed by atoms with Crippen molar-refractivity contribution < 1.29 is 13.3 Å². The van der Waals surface area contributed by atoms with E-state index in [-0.39, 0.29) is 16.6 Å². The highest BCUT2D eigenvalue weighted by Gasteiger charge is 2.21. The van der Waals surface area contributed by atoms with E-state index in [2.05, 4.69) is 10.0 Å². The summed E-state index contributed by atoms with van der Waals surface area (Å²) in [5.41, 5.74) is 0.0356. The fourth-order valence-corrected chi connectivity index (χ4v) is 4.29. The number of anilines is 1. The van der Waals surface area contributed by atoms with Crippen LogP contribution in [-0.2, 0) is 10.0 Å². The predicted molar refractivity (Wildman–Crippen MR) is 104 cm³/mol. The molecule has 140 valence electrons. The average molecular weight is 396 g/mol. The number of nitrogens with one attached hydrogen (secondary N) is 2. The van der Waals surface area contributed by atoms with Crippen LogP contribution in [0, 0.1) is 10.1 Å². The number of hydrogen-bond acceptors (Lipinski definition) is 6. The molecule has 0 unspecified atom stereocenters. The molecular formula is C17H21N3O4S2. The third-order valence-electron chi connectivity index (χ3n) is 3.30. The van der Waals surface area contributed by atoms with Gasteiger partial charge < -0.3 is 5.32 Å². The van der Waals surface area contributed by atoms with E-state index in [4.69, 9.17) is 0 Å². The smallest absolute Gasteiger partial charge is 0.293 e. The molecule has 26 heavy (non-hydrogen) atoms. The van der Waals surface area contributed by atoms with Crippen LogP contribution in [0.1, 0.15) is 13.8 Å². The third kappa shape index (κ3) is 5.72. The largest absolute Gasteiger partial charge is 0.379 e. The lowest BCUT2D eigenvalue weighted by atomic mass is 10.2. The van der Waals surface area contributed by atoms with E-state index in [9.17, 15) is 18.5 Å². The van der Waals surface area contributed by atoms with E-state index >= 15 is 0 Å². The number of hydrogen-bond donors (Lipinski definition) is 2. The fourth-order valence-electron chi connectivity index (χ4n) is 2.23. The summed E-state index contributed by atoms with van der Waals surface area (Å²) in [4.78, 5) is 11.7. The SMILES string of the molecule is CC(C)NS(=O)(=O)c1ccc(NCCSc2ccccc2)c([N+](=O)[O-])c1. The zero-order valence-electron chi connectivity index (χ0n) is 14.5. The topological polar surface area (TPSA) is 101 Å². The van der Waals surface area contributed by atoms with Gasteiger partial charge in [-0.05, 0) is 38.1 Å². The molecule has 7 nitrogen and oxygen atoms in total. The van der Waals surface area contributed by atoms with Crippen LogP contribution in [-0.4, -0.2) is 31.7 Å². The maximum Gasteiger partial charge on any atom is 0.293 e. The van der Waals surface area contributed by atoms with Crippen LogP contribution < -0.4 is 10.0 Å². The molecule has 0 saturated carbocycles. The van der Waals surface area contributed by atoms with Gasteiger partial charge in [0, 0.05) is 29.3 Å². The van der Waals surface area contributed by atoms with Gasteiger partial charge in [0.2, 0.25) is 10.0 Å². The monoisotopic (exact) mass is 395 g/mol. The Balaban J connectivity index is 2.07. The molecule has 0 bridgehead atoms. The second-order valence-corrected chi connectivity index (χ2v) is 8.68. The Labute approximate surface area is 157 Å². The van der Waals surface area contributed by atoms with Gasteiger partial charge in [-0.2, -0.15) is 0 Å². The summed E-state index contributed by atoms with van der Waals surface area (Å²) in [6.45, 7) is 3.88. The molecule has 0 aliphatic heterocycles. The molecule has 9 heteroatoms. The quantitative estimate of drug-likeness (QED) is 0.292. The van der Waals surface area contributed by atoms with Crippen molar-refractivity contribution in [2.24, 2.45) is 0 Å². The van der Waals surface area contributed by atoms with E-state index in [1.165, 1.54) is 12.1 Å². The maximum atomic E-state index is 12.2. The summed E-state index contributed by atoms with van der Waals surface area (Å²) in [6.07, 6.45) is 0. The van der Waals surface area contributed by atoms with Gasteiger partial charge in [0.25, 0.3) is 5.69 Å². The molecule has 2 rings (SSSR count). The van der Waals surface area contributed by atoms with E-state index in [0.29, 0.717) is 12.2 Å². The van der Waals surface area contributed by atoms with Crippen LogP contribution in [0.4, 0.5) is 11.4 Å². The normalized spacial score (nSPS) is 11.5. The Bertz CT molecular complexity index is 856. The van der Waals surface area contributed by atoms with Gasteiger partial charge in [-0.25, -0.2) is 13.1 Å². The van der Waals surface area contributed by atoms with Crippen LogP contribution in [0.2, 0.25) is 0 Å². The van der Waals surface area contributed by atoms with Crippen LogP contribution >= 0.6 is 11.8 Å². The molecule has 2 N–H and O–H groups in total. The van der Waals surface area contributed by atoms with Gasteiger partial charge in [0.1, 0.15) is 5.69 Å². The number of nitrogens with zero attached hydrogens (tertiary/aromatic N) is 1. The lowest BCUT2D eigenvalue weighted by Crippen LogP contribution is -2.30. The molecule has 0 fully saturated rings. The van der Waals surface area contributed by atoms with Crippen molar-refractivity contribution in [2.75, 3.05) is 17.6 Å². The van der Waals surface area contributed by atoms with Crippen molar-refractivity contribution in [1.29, 1.82) is 0 Å². The molecule has 0 aromatic heterocycles. The predicted octanol–water partition coefficient (Wildman–Crippen LogP) is 3.49. The van der Waals surface area contributed by atoms with E-state index in [1.807, 2.05) is 30.3 Å². The number of benzene rings is 2. The Kier molecular flexibility index (Phi) is 7.01. The Morgan fingerprint density at radius 1 is 1.15 bits per heavy atom. The molecule has 0 saturated heterocycles. The molecule has 0 spiro atoms. The van der Waals surface area contributed by atoms with Crippen molar-refractivity contribution >= 4 is 33.2 Å². The minimum Gasteiger partial charge on any atom is -0.379 e. The highest BCUT2D eigenvalue weighted by molar-refractivity contribution is 7.99. The summed E-state index contributed by atoms with van der Waals surface area (Å²) in [7, 11) is -3.78. The number of rotatable bonds is 9. The first-order valence-electron chi connectivity index (χ1n) is 8.02. The second-order valence-electron chi connectivity index (χ2n) is 5.80. The highest BCUT2D eigenvalue weighted by Crippen LogP contribution is 2.28. The summed E-state index contributed by atoms with van der Waals surface area (Å²) in [6, 6.07) is 13.4. The molecule has 0 atom stereocenters. The molecule has 0 aliphatic carbocycles. The lowest BCUT2D eigenvalue weighted by molar-refractivity contribution is -0.384. The van der Waals surface area contributed by atoms with E-state index in [0.717, 1.165) is 16.7 Å². The maximum absolute atomic E-state index is 12.2. The molecule has 2 aromatic rings. The first kappa shape index (κ1) is 20.2. The first-order valence-corrected chi connectivity index (χ1v) is 10.5. The summed E-state index contributed by atoms with van der Waals surface area (Å²) < 4.78 is 26.8. The van der Waals surface area contributed by atoms with Gasteiger partial charge in [-0.15, -0.1) is 11.8 Å². The van der Waals surface area contributed by atoms with Crippen molar-refractivity contribution in [3.63, 3.8) is 0 Å². The molecule has 0 amide bonds. The van der Waals surface area contributed by atoms with Crippen molar-refractivity contribution in [2.45, 2.75) is 29.7 Å². The van der Waals surface area contributed by atoms with Gasteiger partial charge in [-0.3, -0.25) is 10.1 Å². The van der Waals surface area contributed by atoms with E-state index < -0.39 is 14.9 Å². The van der Waals surface area contributed by atoms with Crippen LogP contribution in [0.25, 0.3) is 0 Å². The van der Waals surface area contributed by atoms with Crippen molar-refractivity contribution in [1.82, 2.24) is 4.72 Å². The van der Waals surface area contributed by atoms with Gasteiger partial charge in [0.05, 0.1) is 9.82 Å². The van der Waals surface area contributed by atoms with Crippen LogP contribution in [0.5, 0.6) is 0 Å². The number of sulfonamides is 1. The zero-order valence-corrected chi connectivity index (χ0v) is 16.1.